The van der Waals surface area contributed by atoms with Crippen molar-refractivity contribution in [3.8, 4) is 0 Å². The Morgan fingerprint density at radius 1 is 1.35 bits per heavy atom. The second-order valence-electron chi connectivity index (χ2n) is 3.53. The Kier molecular flexibility index (Phi) is 3.49. The third-order valence-electron chi connectivity index (χ3n) is 2.23. The molecule has 5 heteroatoms. The first-order chi connectivity index (χ1) is 8.16. The molecule has 0 aliphatic heterocycles. The predicted molar refractivity (Wildman–Crippen MR) is 68.9 cm³/mol. The lowest BCUT2D eigenvalue weighted by atomic mass is 10.1. The SMILES string of the molecule is Cc1cc(C(=O)Nc2cccnn2)ccc1Br. The fraction of sp³-hybridized carbons (Fsp3) is 0.0833. The molecule has 0 aliphatic carbocycles. The molecular formula is C12H10BrN3O. The summed E-state index contributed by atoms with van der Waals surface area (Å²) in [5, 5.41) is 10.2. The second kappa shape index (κ2) is 5.05. The molecule has 0 saturated heterocycles. The van der Waals surface area contributed by atoms with Gasteiger partial charge in [0.25, 0.3) is 5.91 Å². The number of amides is 1. The van der Waals surface area contributed by atoms with Crippen molar-refractivity contribution in [2.45, 2.75) is 6.92 Å². The first kappa shape index (κ1) is 11.7. The Bertz CT molecular complexity index is 543. The second-order valence-corrected chi connectivity index (χ2v) is 4.38. The Morgan fingerprint density at radius 3 is 2.82 bits per heavy atom. The number of rotatable bonds is 2. The molecule has 0 spiro atoms. The van der Waals surface area contributed by atoms with Crippen LogP contribution in [0.25, 0.3) is 0 Å². The van der Waals surface area contributed by atoms with Crippen molar-refractivity contribution < 1.29 is 4.79 Å². The van der Waals surface area contributed by atoms with Gasteiger partial charge in [0.15, 0.2) is 5.82 Å². The molecule has 0 saturated carbocycles. The van der Waals surface area contributed by atoms with Gasteiger partial charge >= 0.3 is 0 Å². The smallest absolute Gasteiger partial charge is 0.256 e. The van der Waals surface area contributed by atoms with Crippen molar-refractivity contribution in [2.24, 2.45) is 0 Å². The zero-order chi connectivity index (χ0) is 12.3. The molecule has 17 heavy (non-hydrogen) atoms. The van der Waals surface area contributed by atoms with Crippen LogP contribution < -0.4 is 5.32 Å². The van der Waals surface area contributed by atoms with Crippen LogP contribution in [0, 0.1) is 6.92 Å². The van der Waals surface area contributed by atoms with E-state index >= 15 is 0 Å². The minimum absolute atomic E-state index is 0.193. The van der Waals surface area contributed by atoms with Gasteiger partial charge in [0.2, 0.25) is 0 Å². The molecule has 0 fully saturated rings. The Balaban J connectivity index is 2.18. The topological polar surface area (TPSA) is 54.9 Å². The number of carbonyl (C=O) groups is 1. The third kappa shape index (κ3) is 2.88. The highest BCUT2D eigenvalue weighted by atomic mass is 79.9. The molecule has 1 amide bonds. The molecule has 86 valence electrons. The number of anilines is 1. The minimum Gasteiger partial charge on any atom is -0.305 e. The van der Waals surface area contributed by atoms with E-state index < -0.39 is 0 Å². The average Bonchev–Trinajstić information content (AvgIpc) is 2.34. The van der Waals surface area contributed by atoms with E-state index in [1.807, 2.05) is 19.1 Å². The van der Waals surface area contributed by atoms with Gasteiger partial charge in [-0.15, -0.1) is 5.10 Å². The first-order valence-electron chi connectivity index (χ1n) is 5.02. The summed E-state index contributed by atoms with van der Waals surface area (Å²) in [4.78, 5) is 11.9. The monoisotopic (exact) mass is 291 g/mol. The van der Waals surface area contributed by atoms with Gasteiger partial charge in [0.05, 0.1) is 0 Å². The van der Waals surface area contributed by atoms with E-state index in [-0.39, 0.29) is 5.91 Å². The first-order valence-corrected chi connectivity index (χ1v) is 5.81. The van der Waals surface area contributed by atoms with Gasteiger partial charge in [-0.25, -0.2) is 0 Å². The molecule has 1 N–H and O–H groups in total. The number of nitrogens with one attached hydrogen (secondary N) is 1. The largest absolute Gasteiger partial charge is 0.305 e. The summed E-state index contributed by atoms with van der Waals surface area (Å²) >= 11 is 3.39. The van der Waals surface area contributed by atoms with E-state index in [0.717, 1.165) is 10.0 Å². The van der Waals surface area contributed by atoms with Crippen LogP contribution in [-0.4, -0.2) is 16.1 Å². The van der Waals surface area contributed by atoms with Gasteiger partial charge in [-0.3, -0.25) is 4.79 Å². The molecular weight excluding hydrogens is 282 g/mol. The molecule has 4 nitrogen and oxygen atoms in total. The van der Waals surface area contributed by atoms with Gasteiger partial charge in [-0.05, 0) is 42.8 Å². The fourth-order valence-electron chi connectivity index (χ4n) is 1.34. The molecule has 0 unspecified atom stereocenters. The van der Waals surface area contributed by atoms with E-state index in [1.54, 1.807) is 24.4 Å². The van der Waals surface area contributed by atoms with Gasteiger partial charge in [-0.2, -0.15) is 5.10 Å². The molecule has 0 radical (unpaired) electrons. The van der Waals surface area contributed by atoms with Crippen molar-refractivity contribution in [1.82, 2.24) is 10.2 Å². The molecule has 0 aliphatic rings. The van der Waals surface area contributed by atoms with Crippen LogP contribution in [0.3, 0.4) is 0 Å². The maximum Gasteiger partial charge on any atom is 0.256 e. The summed E-state index contributed by atoms with van der Waals surface area (Å²) in [5.74, 6) is 0.249. The number of hydrogen-bond acceptors (Lipinski definition) is 3. The number of carbonyl (C=O) groups excluding carboxylic acids is 1. The molecule has 2 aromatic rings. The summed E-state index contributed by atoms with van der Waals surface area (Å²) in [7, 11) is 0. The number of benzene rings is 1. The Labute approximate surface area is 107 Å². The van der Waals surface area contributed by atoms with Gasteiger partial charge < -0.3 is 5.32 Å². The summed E-state index contributed by atoms with van der Waals surface area (Å²) in [6.07, 6.45) is 1.55. The van der Waals surface area contributed by atoms with Crippen LogP contribution in [-0.2, 0) is 0 Å². The number of halogens is 1. The van der Waals surface area contributed by atoms with Gasteiger partial charge in [-0.1, -0.05) is 15.9 Å². The predicted octanol–water partition coefficient (Wildman–Crippen LogP) is 2.80. The number of nitrogens with zero attached hydrogens (tertiary/aromatic N) is 2. The van der Waals surface area contributed by atoms with Crippen LogP contribution in [0.1, 0.15) is 15.9 Å². The lowest BCUT2D eigenvalue weighted by molar-refractivity contribution is 0.102. The molecule has 0 bridgehead atoms. The lowest BCUT2D eigenvalue weighted by Gasteiger charge is -2.05. The van der Waals surface area contributed by atoms with E-state index in [2.05, 4.69) is 31.4 Å². The van der Waals surface area contributed by atoms with Gasteiger partial charge in [0.1, 0.15) is 0 Å². The average molecular weight is 292 g/mol. The van der Waals surface area contributed by atoms with E-state index in [9.17, 15) is 4.79 Å². The maximum atomic E-state index is 11.9. The Hall–Kier alpha value is -1.75. The summed E-state index contributed by atoms with van der Waals surface area (Å²) in [6.45, 7) is 1.93. The number of aromatic nitrogens is 2. The van der Waals surface area contributed by atoms with Crippen LogP contribution in [0.4, 0.5) is 5.82 Å². The van der Waals surface area contributed by atoms with Crippen molar-refractivity contribution in [1.29, 1.82) is 0 Å². The molecule has 2 rings (SSSR count). The fourth-order valence-corrected chi connectivity index (χ4v) is 1.59. The summed E-state index contributed by atoms with van der Waals surface area (Å²) in [6, 6.07) is 8.82. The van der Waals surface area contributed by atoms with Crippen molar-refractivity contribution in [3.63, 3.8) is 0 Å². The Morgan fingerprint density at radius 2 is 2.18 bits per heavy atom. The third-order valence-corrected chi connectivity index (χ3v) is 3.12. The zero-order valence-electron chi connectivity index (χ0n) is 9.14. The highest BCUT2D eigenvalue weighted by molar-refractivity contribution is 9.10. The number of aryl methyl sites for hydroxylation is 1. The highest BCUT2D eigenvalue weighted by Gasteiger charge is 2.07. The van der Waals surface area contributed by atoms with E-state index in [0.29, 0.717) is 11.4 Å². The molecule has 0 atom stereocenters. The van der Waals surface area contributed by atoms with Crippen LogP contribution in [0.15, 0.2) is 41.0 Å². The standard InChI is InChI=1S/C12H10BrN3O/c1-8-7-9(4-5-10(8)13)12(17)15-11-3-2-6-14-16-11/h2-7H,1H3,(H,15,16,17). The minimum atomic E-state index is -0.193. The van der Waals surface area contributed by atoms with Crippen molar-refractivity contribution >= 4 is 27.7 Å². The number of hydrogen-bond donors (Lipinski definition) is 1. The molecule has 1 aromatic carbocycles. The lowest BCUT2D eigenvalue weighted by Crippen LogP contribution is -2.13. The van der Waals surface area contributed by atoms with Crippen LogP contribution >= 0.6 is 15.9 Å². The van der Waals surface area contributed by atoms with Crippen LogP contribution in [0.5, 0.6) is 0 Å². The highest BCUT2D eigenvalue weighted by Crippen LogP contribution is 2.17. The maximum absolute atomic E-state index is 11.9. The summed E-state index contributed by atoms with van der Waals surface area (Å²) < 4.78 is 0.980. The zero-order valence-corrected chi connectivity index (χ0v) is 10.7. The van der Waals surface area contributed by atoms with Crippen molar-refractivity contribution in [2.75, 3.05) is 5.32 Å². The van der Waals surface area contributed by atoms with Crippen LogP contribution in [0.2, 0.25) is 0 Å². The quantitative estimate of drug-likeness (QED) is 0.926. The normalized spacial score (nSPS) is 10.0. The van der Waals surface area contributed by atoms with Crippen molar-refractivity contribution in [3.05, 3.63) is 52.1 Å². The van der Waals surface area contributed by atoms with E-state index in [4.69, 9.17) is 0 Å². The molecule has 1 aromatic heterocycles. The molecule has 1 heterocycles. The van der Waals surface area contributed by atoms with E-state index in [1.165, 1.54) is 0 Å². The van der Waals surface area contributed by atoms with Gasteiger partial charge in [0, 0.05) is 16.2 Å². The summed E-state index contributed by atoms with van der Waals surface area (Å²) in [5.41, 5.74) is 1.60.